The second kappa shape index (κ2) is 9.24. The molecule has 120 valence electrons. The van der Waals surface area contributed by atoms with Gasteiger partial charge in [0, 0.05) is 13.6 Å². The van der Waals surface area contributed by atoms with E-state index in [0.29, 0.717) is 12.5 Å². The number of nitrogens with zero attached hydrogens (tertiary/aromatic N) is 1. The molecular weight excluding hydrogens is 267 g/mol. The van der Waals surface area contributed by atoms with Crippen molar-refractivity contribution in [2.24, 2.45) is 11.8 Å². The van der Waals surface area contributed by atoms with Crippen LogP contribution in [-0.4, -0.2) is 30.6 Å². The molecule has 20 heavy (non-hydrogen) atoms. The topological polar surface area (TPSA) is 20.3 Å². The second-order valence-electron chi connectivity index (χ2n) is 5.61. The van der Waals surface area contributed by atoms with Gasteiger partial charge in [-0.2, -0.15) is 13.2 Å². The van der Waals surface area contributed by atoms with Gasteiger partial charge in [-0.1, -0.05) is 39.5 Å². The quantitative estimate of drug-likeness (QED) is 0.607. The Kier molecular flexibility index (Phi) is 8.90. The van der Waals surface area contributed by atoms with E-state index in [9.17, 15) is 18.0 Å². The lowest BCUT2D eigenvalue weighted by Gasteiger charge is -2.24. The van der Waals surface area contributed by atoms with Crippen LogP contribution in [0.3, 0.4) is 0 Å². The number of hydrogen-bond acceptors (Lipinski definition) is 1. The molecule has 0 aliphatic heterocycles. The molecule has 0 saturated carbocycles. The van der Waals surface area contributed by atoms with Gasteiger partial charge < -0.3 is 4.90 Å². The summed E-state index contributed by atoms with van der Waals surface area (Å²) in [5, 5.41) is 0. The van der Waals surface area contributed by atoms with Crippen LogP contribution >= 0.6 is 0 Å². The molecular formula is C15H28F3NO. The molecule has 0 spiro atoms. The molecule has 0 rings (SSSR count). The van der Waals surface area contributed by atoms with E-state index in [1.807, 2.05) is 0 Å². The summed E-state index contributed by atoms with van der Waals surface area (Å²) >= 11 is 0. The molecule has 0 saturated heterocycles. The maximum Gasteiger partial charge on any atom is 0.400 e. The van der Waals surface area contributed by atoms with Crippen LogP contribution in [0.1, 0.15) is 59.3 Å². The van der Waals surface area contributed by atoms with Gasteiger partial charge in [-0.15, -0.1) is 0 Å². The minimum atomic E-state index is -4.45. The van der Waals surface area contributed by atoms with Gasteiger partial charge in [0.1, 0.15) is 5.92 Å². The highest BCUT2D eigenvalue weighted by Crippen LogP contribution is 2.27. The van der Waals surface area contributed by atoms with E-state index in [-0.39, 0.29) is 0 Å². The molecule has 0 aliphatic carbocycles. The van der Waals surface area contributed by atoms with Crippen molar-refractivity contribution in [1.29, 1.82) is 0 Å². The van der Waals surface area contributed by atoms with Crippen LogP contribution < -0.4 is 0 Å². The molecule has 0 bridgehead atoms. The molecule has 0 aliphatic rings. The highest BCUT2D eigenvalue weighted by molar-refractivity contribution is 5.78. The summed E-state index contributed by atoms with van der Waals surface area (Å²) < 4.78 is 37.4. The Labute approximate surface area is 120 Å². The van der Waals surface area contributed by atoms with Gasteiger partial charge in [0.2, 0.25) is 5.91 Å². The van der Waals surface area contributed by atoms with Gasteiger partial charge >= 0.3 is 6.18 Å². The third-order valence-electron chi connectivity index (χ3n) is 3.74. The van der Waals surface area contributed by atoms with E-state index in [1.54, 1.807) is 0 Å². The molecule has 1 amide bonds. The maximum atomic E-state index is 12.5. The minimum absolute atomic E-state index is 0.406. The Morgan fingerprint density at radius 2 is 1.60 bits per heavy atom. The fourth-order valence-electron chi connectivity index (χ4n) is 2.45. The van der Waals surface area contributed by atoms with Gasteiger partial charge in [0.05, 0.1) is 0 Å². The Hall–Kier alpha value is -0.740. The SMILES string of the molecule is CCCC(CCC)CCCN(C)C(=O)C(C)C(F)(F)F. The predicted octanol–water partition coefficient (Wildman–Crippen LogP) is 4.64. The average Bonchev–Trinajstić information content (AvgIpc) is 2.36. The van der Waals surface area contributed by atoms with Crippen molar-refractivity contribution in [3.8, 4) is 0 Å². The lowest BCUT2D eigenvalue weighted by atomic mass is 9.93. The van der Waals surface area contributed by atoms with Gasteiger partial charge in [-0.3, -0.25) is 4.79 Å². The number of amides is 1. The predicted molar refractivity (Wildman–Crippen MR) is 75.4 cm³/mol. The fourth-order valence-corrected chi connectivity index (χ4v) is 2.45. The average molecular weight is 295 g/mol. The maximum absolute atomic E-state index is 12.5. The van der Waals surface area contributed by atoms with Crippen molar-refractivity contribution in [3.05, 3.63) is 0 Å². The number of hydrogen-bond donors (Lipinski definition) is 0. The molecule has 0 aromatic heterocycles. The highest BCUT2D eigenvalue weighted by Gasteiger charge is 2.42. The first-order valence-corrected chi connectivity index (χ1v) is 7.55. The Balaban J connectivity index is 4.14. The molecule has 0 aromatic carbocycles. The van der Waals surface area contributed by atoms with E-state index < -0.39 is 18.0 Å². The largest absolute Gasteiger partial charge is 0.400 e. The van der Waals surface area contributed by atoms with Crippen LogP contribution in [-0.2, 0) is 4.79 Å². The molecule has 0 N–H and O–H groups in total. The molecule has 5 heteroatoms. The summed E-state index contributed by atoms with van der Waals surface area (Å²) in [7, 11) is 1.46. The molecule has 2 nitrogen and oxygen atoms in total. The highest BCUT2D eigenvalue weighted by atomic mass is 19.4. The van der Waals surface area contributed by atoms with Crippen molar-refractivity contribution in [1.82, 2.24) is 4.90 Å². The number of carbonyl (C=O) groups is 1. The normalized spacial score (nSPS) is 13.6. The van der Waals surface area contributed by atoms with Crippen LogP contribution in [0.2, 0.25) is 0 Å². The number of halogens is 3. The zero-order chi connectivity index (χ0) is 15.8. The lowest BCUT2D eigenvalue weighted by molar-refractivity contribution is -0.184. The number of alkyl halides is 3. The van der Waals surface area contributed by atoms with Crippen molar-refractivity contribution in [2.75, 3.05) is 13.6 Å². The molecule has 0 fully saturated rings. The van der Waals surface area contributed by atoms with E-state index in [4.69, 9.17) is 0 Å². The van der Waals surface area contributed by atoms with Crippen molar-refractivity contribution < 1.29 is 18.0 Å². The third-order valence-corrected chi connectivity index (χ3v) is 3.74. The zero-order valence-corrected chi connectivity index (χ0v) is 13.1. The molecule has 0 radical (unpaired) electrons. The van der Waals surface area contributed by atoms with Crippen LogP contribution in [0, 0.1) is 11.8 Å². The van der Waals surface area contributed by atoms with Gasteiger partial charge in [0.15, 0.2) is 0 Å². The summed E-state index contributed by atoms with van der Waals surface area (Å²) in [4.78, 5) is 12.8. The summed E-state index contributed by atoms with van der Waals surface area (Å²) in [6.07, 6.45) is 1.89. The summed E-state index contributed by atoms with van der Waals surface area (Å²) in [6, 6.07) is 0. The zero-order valence-electron chi connectivity index (χ0n) is 13.1. The van der Waals surface area contributed by atoms with Gasteiger partial charge in [-0.25, -0.2) is 0 Å². The first-order valence-electron chi connectivity index (χ1n) is 7.55. The van der Waals surface area contributed by atoms with E-state index >= 15 is 0 Å². The van der Waals surface area contributed by atoms with E-state index in [1.165, 1.54) is 11.9 Å². The van der Waals surface area contributed by atoms with E-state index in [0.717, 1.165) is 45.4 Å². The van der Waals surface area contributed by atoms with Crippen molar-refractivity contribution >= 4 is 5.91 Å². The summed E-state index contributed by atoms with van der Waals surface area (Å²) in [5.74, 6) is -2.11. The van der Waals surface area contributed by atoms with Crippen LogP contribution in [0.4, 0.5) is 13.2 Å². The van der Waals surface area contributed by atoms with Crippen LogP contribution in [0.5, 0.6) is 0 Å². The van der Waals surface area contributed by atoms with Crippen LogP contribution in [0.15, 0.2) is 0 Å². The first-order chi connectivity index (χ1) is 9.23. The van der Waals surface area contributed by atoms with Gasteiger partial charge in [0.25, 0.3) is 0 Å². The first kappa shape index (κ1) is 19.3. The van der Waals surface area contributed by atoms with E-state index in [2.05, 4.69) is 13.8 Å². The number of carbonyl (C=O) groups excluding carboxylic acids is 1. The Morgan fingerprint density at radius 3 is 2.00 bits per heavy atom. The second-order valence-corrected chi connectivity index (χ2v) is 5.61. The molecule has 1 atom stereocenters. The third kappa shape index (κ3) is 7.15. The Morgan fingerprint density at radius 1 is 1.10 bits per heavy atom. The van der Waals surface area contributed by atoms with Crippen molar-refractivity contribution in [3.63, 3.8) is 0 Å². The van der Waals surface area contributed by atoms with Gasteiger partial charge in [-0.05, 0) is 25.7 Å². The Bertz CT molecular complexity index is 273. The summed E-state index contributed by atoms with van der Waals surface area (Å²) in [5.41, 5.74) is 0. The molecule has 0 heterocycles. The summed E-state index contributed by atoms with van der Waals surface area (Å²) in [6.45, 7) is 5.62. The standard InChI is InChI=1S/C15H28F3NO/c1-5-8-13(9-6-2)10-7-11-19(4)14(20)12(3)15(16,17)18/h12-13H,5-11H2,1-4H3. The monoisotopic (exact) mass is 295 g/mol. The van der Waals surface area contributed by atoms with Crippen LogP contribution in [0.25, 0.3) is 0 Å². The lowest BCUT2D eigenvalue weighted by Crippen LogP contribution is -2.39. The van der Waals surface area contributed by atoms with Crippen molar-refractivity contribution in [2.45, 2.75) is 65.5 Å². The fraction of sp³-hybridized carbons (Fsp3) is 0.933. The number of rotatable bonds is 9. The smallest absolute Gasteiger partial charge is 0.345 e. The molecule has 1 unspecified atom stereocenters. The molecule has 0 aromatic rings. The minimum Gasteiger partial charge on any atom is -0.345 e.